The Balaban J connectivity index is 1.52. The van der Waals surface area contributed by atoms with Crippen molar-refractivity contribution in [3.05, 3.63) is 66.2 Å². The quantitative estimate of drug-likeness (QED) is 0.679. The minimum absolute atomic E-state index is 0.132. The van der Waals surface area contributed by atoms with E-state index in [0.29, 0.717) is 0 Å². The maximum Gasteiger partial charge on any atom is 0.411 e. The fourth-order valence-corrected chi connectivity index (χ4v) is 6.30. The van der Waals surface area contributed by atoms with Crippen LogP contribution in [0.5, 0.6) is 0 Å². The number of carbonyl (C=O) groups is 1. The topological polar surface area (TPSA) is 91.4 Å². The van der Waals surface area contributed by atoms with Gasteiger partial charge < -0.3 is 18.9 Å². The molecular formula is C23H25NO7S. The van der Waals surface area contributed by atoms with Crippen LogP contribution in [0.3, 0.4) is 0 Å². The van der Waals surface area contributed by atoms with E-state index in [0.717, 1.165) is 5.56 Å². The zero-order chi connectivity index (χ0) is 22.5. The lowest BCUT2D eigenvalue weighted by Crippen LogP contribution is -2.45. The molecule has 8 nitrogen and oxygen atoms in total. The molecule has 0 spiro atoms. The van der Waals surface area contributed by atoms with Crippen molar-refractivity contribution in [3.63, 3.8) is 0 Å². The van der Waals surface area contributed by atoms with Crippen LogP contribution in [0.25, 0.3) is 0 Å². The third-order valence-electron chi connectivity index (χ3n) is 6.03. The Bertz CT molecular complexity index is 1090. The van der Waals surface area contributed by atoms with Gasteiger partial charge in [-0.1, -0.05) is 48.5 Å². The molecule has 3 fully saturated rings. The highest BCUT2D eigenvalue weighted by atomic mass is 32.2. The molecule has 5 rings (SSSR count). The zero-order valence-electron chi connectivity index (χ0n) is 17.8. The highest BCUT2D eigenvalue weighted by Gasteiger charge is 2.63. The Morgan fingerprint density at radius 2 is 1.66 bits per heavy atom. The van der Waals surface area contributed by atoms with Crippen molar-refractivity contribution >= 4 is 15.9 Å². The Labute approximate surface area is 186 Å². The number of nitrogens with zero attached hydrogens (tertiary/aromatic N) is 1. The fraction of sp³-hybridized carbons (Fsp3) is 0.435. The van der Waals surface area contributed by atoms with Crippen LogP contribution in [0.2, 0.25) is 0 Å². The molecule has 9 heteroatoms. The van der Waals surface area contributed by atoms with Gasteiger partial charge in [0, 0.05) is 6.54 Å². The van der Waals surface area contributed by atoms with Gasteiger partial charge >= 0.3 is 6.09 Å². The summed E-state index contributed by atoms with van der Waals surface area (Å²) in [5, 5.41) is 0. The van der Waals surface area contributed by atoms with Gasteiger partial charge in [-0.3, -0.25) is 4.90 Å². The molecule has 2 aromatic carbocycles. The molecule has 0 radical (unpaired) electrons. The number of benzene rings is 2. The molecule has 3 aliphatic heterocycles. The van der Waals surface area contributed by atoms with E-state index < -0.39 is 51.5 Å². The minimum atomic E-state index is -3.93. The molecule has 3 aliphatic rings. The minimum Gasteiger partial charge on any atom is -0.441 e. The summed E-state index contributed by atoms with van der Waals surface area (Å²) >= 11 is 0. The number of hydrogen-bond acceptors (Lipinski definition) is 7. The van der Waals surface area contributed by atoms with Gasteiger partial charge in [0.05, 0.1) is 11.5 Å². The fourth-order valence-electron chi connectivity index (χ4n) is 4.56. The molecular weight excluding hydrogens is 434 g/mol. The van der Waals surface area contributed by atoms with E-state index >= 15 is 0 Å². The monoisotopic (exact) mass is 459 g/mol. The van der Waals surface area contributed by atoms with Crippen LogP contribution in [0.15, 0.2) is 65.6 Å². The molecule has 0 saturated carbocycles. The van der Waals surface area contributed by atoms with Gasteiger partial charge in [-0.15, -0.1) is 0 Å². The number of carbonyl (C=O) groups excluding carboxylic acids is 1. The van der Waals surface area contributed by atoms with Gasteiger partial charge in [0.1, 0.15) is 18.2 Å². The predicted octanol–water partition coefficient (Wildman–Crippen LogP) is 2.73. The molecule has 0 N–H and O–H groups in total. The molecule has 1 amide bonds. The normalized spacial score (nSPS) is 31.5. The van der Waals surface area contributed by atoms with E-state index in [9.17, 15) is 13.2 Å². The van der Waals surface area contributed by atoms with E-state index in [1.54, 1.807) is 32.0 Å². The lowest BCUT2D eigenvalue weighted by atomic mass is 10.0. The first-order valence-electron chi connectivity index (χ1n) is 10.5. The summed E-state index contributed by atoms with van der Waals surface area (Å²) < 4.78 is 50.6. The van der Waals surface area contributed by atoms with Crippen molar-refractivity contribution in [2.45, 2.75) is 60.9 Å². The number of fused-ring (bicyclic) bond motifs is 1. The Hall–Kier alpha value is -2.46. The standard InChI is InChI=1S/C23H25NO7S/c1-23(2)28-14-17(31-23)19-20-18(21(29-19)32(26,27)16-11-7-4-8-12-16)24(22(25)30-20)13-15-9-5-3-6-10-15/h3-12,17-21H,13-14H2,1-2H3/t17-,18+,19-,20-,21-/m1/s1. The van der Waals surface area contributed by atoms with Crippen LogP contribution >= 0.6 is 0 Å². The van der Waals surface area contributed by atoms with Crippen LogP contribution in [0.4, 0.5) is 4.79 Å². The molecule has 5 atom stereocenters. The van der Waals surface area contributed by atoms with Crippen molar-refractivity contribution in [3.8, 4) is 0 Å². The smallest absolute Gasteiger partial charge is 0.411 e. The van der Waals surface area contributed by atoms with Crippen molar-refractivity contribution < 1.29 is 32.2 Å². The predicted molar refractivity (Wildman–Crippen MR) is 113 cm³/mol. The first kappa shape index (κ1) is 21.4. The van der Waals surface area contributed by atoms with Crippen LogP contribution in [-0.4, -0.2) is 61.6 Å². The van der Waals surface area contributed by atoms with Gasteiger partial charge in [-0.25, -0.2) is 13.2 Å². The summed E-state index contributed by atoms with van der Waals surface area (Å²) in [4.78, 5) is 14.5. The molecule has 3 saturated heterocycles. The van der Waals surface area contributed by atoms with Gasteiger partial charge in [-0.05, 0) is 31.5 Å². The highest BCUT2D eigenvalue weighted by Crippen LogP contribution is 2.42. The molecule has 170 valence electrons. The van der Waals surface area contributed by atoms with Gasteiger partial charge in [0.2, 0.25) is 9.84 Å². The van der Waals surface area contributed by atoms with Crippen molar-refractivity contribution in [2.24, 2.45) is 0 Å². The Morgan fingerprint density at radius 3 is 2.28 bits per heavy atom. The third kappa shape index (κ3) is 3.69. The molecule has 0 unspecified atom stereocenters. The van der Waals surface area contributed by atoms with Crippen LogP contribution in [-0.2, 0) is 35.3 Å². The first-order valence-corrected chi connectivity index (χ1v) is 12.1. The number of rotatable bonds is 5. The van der Waals surface area contributed by atoms with Crippen molar-refractivity contribution in [1.29, 1.82) is 0 Å². The average Bonchev–Trinajstić information content (AvgIpc) is 3.42. The second kappa shape index (κ2) is 7.84. The third-order valence-corrected chi connectivity index (χ3v) is 7.96. The summed E-state index contributed by atoms with van der Waals surface area (Å²) in [6.45, 7) is 3.99. The average molecular weight is 460 g/mol. The second-order valence-electron chi connectivity index (χ2n) is 8.65. The van der Waals surface area contributed by atoms with Gasteiger partial charge in [0.15, 0.2) is 17.3 Å². The summed E-state index contributed by atoms with van der Waals surface area (Å²) in [7, 11) is -3.93. The van der Waals surface area contributed by atoms with Crippen LogP contribution in [0.1, 0.15) is 19.4 Å². The van der Waals surface area contributed by atoms with E-state index in [4.69, 9.17) is 18.9 Å². The number of sulfone groups is 1. The Kier molecular flexibility index (Phi) is 5.24. The Morgan fingerprint density at radius 1 is 1.00 bits per heavy atom. The SMILES string of the molecule is CC1(C)OC[C@H]([C@H]2O[C@H](S(=O)(=O)c3ccccc3)[C@@H]3[C@H]2OC(=O)N3Cc2ccccc2)O1. The van der Waals surface area contributed by atoms with Crippen molar-refractivity contribution in [2.75, 3.05) is 6.61 Å². The molecule has 32 heavy (non-hydrogen) atoms. The number of hydrogen-bond donors (Lipinski definition) is 0. The van der Waals surface area contributed by atoms with Crippen molar-refractivity contribution in [1.82, 2.24) is 4.90 Å². The first-order chi connectivity index (χ1) is 15.3. The molecule has 2 aromatic rings. The zero-order valence-corrected chi connectivity index (χ0v) is 18.6. The van der Waals surface area contributed by atoms with Gasteiger partial charge in [0.25, 0.3) is 0 Å². The molecule has 0 aromatic heterocycles. The number of amides is 1. The van der Waals surface area contributed by atoms with E-state index in [1.807, 2.05) is 30.3 Å². The molecule has 0 bridgehead atoms. The molecule has 0 aliphatic carbocycles. The van der Waals surface area contributed by atoms with Crippen LogP contribution in [0, 0.1) is 0 Å². The molecule has 3 heterocycles. The summed E-state index contributed by atoms with van der Waals surface area (Å²) in [6.07, 6.45) is -2.69. The maximum absolute atomic E-state index is 13.6. The lowest BCUT2D eigenvalue weighted by molar-refractivity contribution is -0.158. The number of ether oxygens (including phenoxy) is 4. The van der Waals surface area contributed by atoms with Crippen LogP contribution < -0.4 is 0 Å². The van der Waals surface area contributed by atoms with E-state index in [1.165, 1.54) is 17.0 Å². The highest BCUT2D eigenvalue weighted by molar-refractivity contribution is 7.92. The summed E-state index contributed by atoms with van der Waals surface area (Å²) in [5.74, 6) is -0.827. The van der Waals surface area contributed by atoms with E-state index in [-0.39, 0.29) is 18.0 Å². The largest absolute Gasteiger partial charge is 0.441 e. The van der Waals surface area contributed by atoms with E-state index in [2.05, 4.69) is 0 Å². The summed E-state index contributed by atoms with van der Waals surface area (Å²) in [6, 6.07) is 16.7. The lowest BCUT2D eigenvalue weighted by Gasteiger charge is -2.25. The van der Waals surface area contributed by atoms with Gasteiger partial charge in [-0.2, -0.15) is 0 Å². The second-order valence-corrected chi connectivity index (χ2v) is 10.7. The maximum atomic E-state index is 13.6. The summed E-state index contributed by atoms with van der Waals surface area (Å²) in [5.41, 5.74) is -0.423.